The third-order valence-corrected chi connectivity index (χ3v) is 4.67. The Morgan fingerprint density at radius 2 is 2.17 bits per heavy atom. The van der Waals surface area contributed by atoms with Crippen molar-refractivity contribution in [3.63, 3.8) is 0 Å². The van der Waals surface area contributed by atoms with Crippen LogP contribution < -0.4 is 14.9 Å². The highest BCUT2D eigenvalue weighted by atomic mass is 16.5. The highest BCUT2D eigenvalue weighted by Crippen LogP contribution is 2.37. The predicted molar refractivity (Wildman–Crippen MR) is 92.3 cm³/mol. The zero-order valence-corrected chi connectivity index (χ0v) is 14.5. The molecule has 2 atom stereocenters. The smallest absolute Gasteiger partial charge is 0.161 e. The van der Waals surface area contributed by atoms with Crippen LogP contribution in [0.5, 0.6) is 11.5 Å². The van der Waals surface area contributed by atoms with Crippen LogP contribution in [0.3, 0.4) is 0 Å². The first kappa shape index (κ1) is 16.1. The molecule has 2 aliphatic rings. The molecule has 2 aliphatic heterocycles. The number of methoxy groups -OCH3 is 1. The van der Waals surface area contributed by atoms with Gasteiger partial charge in [-0.1, -0.05) is 13.0 Å². The largest absolute Gasteiger partial charge is 0.493 e. The van der Waals surface area contributed by atoms with Crippen LogP contribution in [0, 0.1) is 5.92 Å². The van der Waals surface area contributed by atoms with E-state index in [0.717, 1.165) is 37.6 Å². The molecule has 23 heavy (non-hydrogen) atoms. The molecule has 1 fully saturated rings. The Hall–Kier alpha value is -1.75. The Morgan fingerprint density at radius 3 is 2.87 bits per heavy atom. The zero-order chi connectivity index (χ0) is 16.4. The first-order chi connectivity index (χ1) is 11.1. The predicted octanol–water partition coefficient (Wildman–Crippen LogP) is 2.82. The number of nitrogens with zero attached hydrogens (tertiary/aromatic N) is 2. The van der Waals surface area contributed by atoms with Crippen molar-refractivity contribution in [2.24, 2.45) is 11.0 Å². The lowest BCUT2D eigenvalue weighted by Gasteiger charge is -2.33. The molecule has 3 rings (SSSR count). The number of hydrazone groups is 1. The van der Waals surface area contributed by atoms with Gasteiger partial charge in [-0.25, -0.2) is 0 Å². The van der Waals surface area contributed by atoms with Gasteiger partial charge in [0.2, 0.25) is 0 Å². The number of benzene rings is 1. The van der Waals surface area contributed by atoms with Gasteiger partial charge in [-0.2, -0.15) is 5.10 Å². The number of hydrogen-bond acceptors (Lipinski definition) is 5. The van der Waals surface area contributed by atoms with Gasteiger partial charge in [0.15, 0.2) is 11.5 Å². The molecule has 1 N–H and O–H groups in total. The minimum absolute atomic E-state index is 0.118. The van der Waals surface area contributed by atoms with Gasteiger partial charge in [0.1, 0.15) is 0 Å². The van der Waals surface area contributed by atoms with Crippen molar-refractivity contribution < 1.29 is 9.47 Å². The number of rotatable bonds is 5. The lowest BCUT2D eigenvalue weighted by molar-refractivity contribution is 0.227. The topological polar surface area (TPSA) is 46.1 Å². The summed E-state index contributed by atoms with van der Waals surface area (Å²) in [6.45, 7) is 9.56. The molecule has 1 aromatic rings. The van der Waals surface area contributed by atoms with E-state index < -0.39 is 0 Å². The SMILES string of the molecule is CCN1CCC2=NNC(c3ccc(OC)c(OC(C)C)c3)C2C1. The number of likely N-dealkylation sites (tertiary alicyclic amines) is 1. The van der Waals surface area contributed by atoms with E-state index in [-0.39, 0.29) is 12.1 Å². The minimum Gasteiger partial charge on any atom is -0.493 e. The first-order valence-corrected chi connectivity index (χ1v) is 8.51. The molecule has 0 saturated carbocycles. The molecular weight excluding hydrogens is 290 g/mol. The molecule has 126 valence electrons. The summed E-state index contributed by atoms with van der Waals surface area (Å²) in [5.41, 5.74) is 5.86. The summed E-state index contributed by atoms with van der Waals surface area (Å²) in [4.78, 5) is 2.50. The van der Waals surface area contributed by atoms with Crippen LogP contribution in [0.1, 0.15) is 38.8 Å². The Bertz CT molecular complexity index is 586. The summed E-state index contributed by atoms with van der Waals surface area (Å²) in [6, 6.07) is 6.43. The molecular formula is C18H27N3O2. The molecule has 5 nitrogen and oxygen atoms in total. The summed E-state index contributed by atoms with van der Waals surface area (Å²) >= 11 is 0. The van der Waals surface area contributed by atoms with Gasteiger partial charge in [-0.3, -0.25) is 0 Å². The number of nitrogens with one attached hydrogen (secondary N) is 1. The maximum Gasteiger partial charge on any atom is 0.161 e. The molecule has 0 aromatic heterocycles. The standard InChI is InChI=1S/C18H27N3O2/c1-5-21-9-8-15-14(11-21)18(20-19-15)13-6-7-16(22-4)17(10-13)23-12(2)3/h6-7,10,12,14,18,20H,5,8-9,11H2,1-4H3. The normalized spacial score (nSPS) is 24.1. The molecule has 5 heteroatoms. The Kier molecular flexibility index (Phi) is 4.76. The molecule has 0 aliphatic carbocycles. The van der Waals surface area contributed by atoms with Crippen molar-refractivity contribution in [3.8, 4) is 11.5 Å². The third-order valence-electron chi connectivity index (χ3n) is 4.67. The summed E-state index contributed by atoms with van der Waals surface area (Å²) in [5, 5.41) is 4.59. The van der Waals surface area contributed by atoms with Crippen LogP contribution in [0.25, 0.3) is 0 Å². The molecule has 0 radical (unpaired) electrons. The fraction of sp³-hybridized carbons (Fsp3) is 0.611. The lowest BCUT2D eigenvalue weighted by atomic mass is 9.86. The second-order valence-corrected chi connectivity index (χ2v) is 6.54. The molecule has 2 heterocycles. The summed E-state index contributed by atoms with van der Waals surface area (Å²) in [7, 11) is 1.68. The fourth-order valence-electron chi connectivity index (χ4n) is 3.44. The molecule has 0 bridgehead atoms. The average molecular weight is 317 g/mol. The second-order valence-electron chi connectivity index (χ2n) is 6.54. The van der Waals surface area contributed by atoms with E-state index in [4.69, 9.17) is 9.47 Å². The van der Waals surface area contributed by atoms with Gasteiger partial charge < -0.3 is 19.8 Å². The van der Waals surface area contributed by atoms with Gasteiger partial charge >= 0.3 is 0 Å². The fourth-order valence-corrected chi connectivity index (χ4v) is 3.44. The average Bonchev–Trinajstić information content (AvgIpc) is 2.97. The zero-order valence-electron chi connectivity index (χ0n) is 14.5. The maximum absolute atomic E-state index is 5.91. The van der Waals surface area contributed by atoms with Crippen LogP contribution in [0.4, 0.5) is 0 Å². The molecule has 0 spiro atoms. The molecule has 1 saturated heterocycles. The highest BCUT2D eigenvalue weighted by molar-refractivity contribution is 5.90. The van der Waals surface area contributed by atoms with Crippen molar-refractivity contribution in [1.82, 2.24) is 10.3 Å². The Balaban J connectivity index is 1.84. The van der Waals surface area contributed by atoms with Crippen LogP contribution >= 0.6 is 0 Å². The Morgan fingerprint density at radius 1 is 1.35 bits per heavy atom. The lowest BCUT2D eigenvalue weighted by Crippen LogP contribution is -2.41. The van der Waals surface area contributed by atoms with Gasteiger partial charge in [0.05, 0.1) is 19.3 Å². The van der Waals surface area contributed by atoms with Crippen LogP contribution in [-0.4, -0.2) is 43.5 Å². The summed E-state index contributed by atoms with van der Waals surface area (Å²) in [5.74, 6) is 2.03. The molecule has 0 amide bonds. The van der Waals surface area contributed by atoms with E-state index in [1.807, 2.05) is 19.9 Å². The maximum atomic E-state index is 5.91. The third kappa shape index (κ3) is 3.29. The number of ether oxygens (including phenoxy) is 2. The quantitative estimate of drug-likeness (QED) is 0.907. The van der Waals surface area contributed by atoms with Crippen molar-refractivity contribution in [3.05, 3.63) is 23.8 Å². The first-order valence-electron chi connectivity index (χ1n) is 8.51. The number of piperidine rings is 1. The highest BCUT2D eigenvalue weighted by Gasteiger charge is 2.36. The van der Waals surface area contributed by atoms with Crippen molar-refractivity contribution in [1.29, 1.82) is 0 Å². The van der Waals surface area contributed by atoms with Gasteiger partial charge in [0.25, 0.3) is 0 Å². The van der Waals surface area contributed by atoms with Crippen molar-refractivity contribution in [2.75, 3.05) is 26.7 Å². The summed E-state index contributed by atoms with van der Waals surface area (Å²) < 4.78 is 11.3. The second kappa shape index (κ2) is 6.79. The van der Waals surface area contributed by atoms with E-state index in [0.29, 0.717) is 5.92 Å². The summed E-state index contributed by atoms with van der Waals surface area (Å²) in [6.07, 6.45) is 1.18. The van der Waals surface area contributed by atoms with Crippen molar-refractivity contribution in [2.45, 2.75) is 39.3 Å². The Labute approximate surface area is 138 Å². The van der Waals surface area contributed by atoms with Gasteiger partial charge in [-0.15, -0.1) is 0 Å². The van der Waals surface area contributed by atoms with E-state index in [2.05, 4.69) is 34.5 Å². The van der Waals surface area contributed by atoms with E-state index in [9.17, 15) is 0 Å². The molecule has 2 unspecified atom stereocenters. The monoisotopic (exact) mass is 317 g/mol. The van der Waals surface area contributed by atoms with E-state index in [1.165, 1.54) is 11.3 Å². The number of fused-ring (bicyclic) bond motifs is 1. The van der Waals surface area contributed by atoms with Crippen LogP contribution in [0.2, 0.25) is 0 Å². The molecule has 1 aromatic carbocycles. The van der Waals surface area contributed by atoms with Gasteiger partial charge in [0, 0.05) is 31.1 Å². The minimum atomic E-state index is 0.118. The van der Waals surface area contributed by atoms with Crippen LogP contribution in [0.15, 0.2) is 23.3 Å². The number of hydrogen-bond donors (Lipinski definition) is 1. The van der Waals surface area contributed by atoms with E-state index in [1.54, 1.807) is 7.11 Å². The van der Waals surface area contributed by atoms with Crippen molar-refractivity contribution >= 4 is 5.71 Å². The van der Waals surface area contributed by atoms with Gasteiger partial charge in [-0.05, 0) is 38.1 Å². The van der Waals surface area contributed by atoms with E-state index >= 15 is 0 Å². The van der Waals surface area contributed by atoms with Crippen LogP contribution in [-0.2, 0) is 0 Å².